The predicted molar refractivity (Wildman–Crippen MR) is 99.8 cm³/mol. The second-order valence-corrected chi connectivity index (χ2v) is 5.58. The van der Waals surface area contributed by atoms with Crippen LogP contribution in [0, 0.1) is 0 Å². The molecule has 0 unspecified atom stereocenters. The molecule has 1 fully saturated rings. The van der Waals surface area contributed by atoms with Gasteiger partial charge in [-0.25, -0.2) is 9.67 Å². The highest BCUT2D eigenvalue weighted by molar-refractivity contribution is 6.02. The Labute approximate surface area is 155 Å². The molecule has 132 valence electrons. The number of imidazole rings is 1. The molecule has 0 radical (unpaired) electrons. The summed E-state index contributed by atoms with van der Waals surface area (Å²) in [6.45, 7) is 0. The van der Waals surface area contributed by atoms with Crippen molar-refractivity contribution in [2.24, 2.45) is 16.5 Å². The summed E-state index contributed by atoms with van der Waals surface area (Å²) in [7, 11) is 0. The smallest absolute Gasteiger partial charge is 0.283 e. The van der Waals surface area contributed by atoms with Gasteiger partial charge < -0.3 is 16.5 Å². The maximum absolute atomic E-state index is 12.2. The van der Waals surface area contributed by atoms with E-state index in [1.165, 1.54) is 6.20 Å². The number of aliphatic imine (C=N–C) groups is 1. The number of H-pyrrole nitrogens is 1. The number of nitrogens with zero attached hydrogens (tertiary/aromatic N) is 4. The molecular formula is C15H17Cl2N7O. The van der Waals surface area contributed by atoms with Gasteiger partial charge in [-0.2, -0.15) is 10.1 Å². The Balaban J connectivity index is 0.00000113. The van der Waals surface area contributed by atoms with Gasteiger partial charge in [0.2, 0.25) is 0 Å². The molecule has 4 rings (SSSR count). The van der Waals surface area contributed by atoms with Gasteiger partial charge in [0.15, 0.2) is 5.96 Å². The fourth-order valence-corrected chi connectivity index (χ4v) is 2.71. The quantitative estimate of drug-likeness (QED) is 0.471. The lowest BCUT2D eigenvalue weighted by Gasteiger charge is -2.08. The number of fused-ring (bicyclic) bond motifs is 1. The molecule has 1 aliphatic carbocycles. The van der Waals surface area contributed by atoms with E-state index in [0.717, 1.165) is 35.3 Å². The molecule has 0 saturated heterocycles. The Morgan fingerprint density at radius 2 is 2.04 bits per heavy atom. The SMILES string of the molecule is Cl.Cl.NC(N)=NC(=O)c1cnn(-c2ccc3nc[nH]c3c2)c1C1CC1. The standard InChI is InChI=1S/C15H15N7O.2ClH/c16-15(17)21-14(23)10-6-20-22(13(10)8-1-2-8)9-3-4-11-12(5-9)19-7-18-11;;/h3-8H,1-2H2,(H,18,19)(H4,16,17,21,23);2*1H. The lowest BCUT2D eigenvalue weighted by atomic mass is 10.1. The van der Waals surface area contributed by atoms with Crippen molar-refractivity contribution in [1.82, 2.24) is 19.7 Å². The monoisotopic (exact) mass is 381 g/mol. The molecule has 0 atom stereocenters. The van der Waals surface area contributed by atoms with E-state index in [1.54, 1.807) is 11.0 Å². The number of hydrogen-bond acceptors (Lipinski definition) is 3. The number of aromatic nitrogens is 4. The third-order valence-electron chi connectivity index (χ3n) is 3.88. The molecule has 1 amide bonds. The minimum absolute atomic E-state index is 0. The molecule has 10 heteroatoms. The van der Waals surface area contributed by atoms with Gasteiger partial charge in [0.25, 0.3) is 5.91 Å². The summed E-state index contributed by atoms with van der Waals surface area (Å²) in [6.07, 6.45) is 5.23. The molecule has 0 aliphatic heterocycles. The first-order valence-corrected chi connectivity index (χ1v) is 7.29. The Bertz CT molecular complexity index is 938. The van der Waals surface area contributed by atoms with Crippen LogP contribution in [-0.4, -0.2) is 31.6 Å². The molecule has 25 heavy (non-hydrogen) atoms. The number of rotatable bonds is 3. The van der Waals surface area contributed by atoms with Crippen LogP contribution in [0.4, 0.5) is 0 Å². The fourth-order valence-electron chi connectivity index (χ4n) is 2.71. The molecule has 0 spiro atoms. The van der Waals surface area contributed by atoms with Gasteiger partial charge in [-0.3, -0.25) is 4.79 Å². The van der Waals surface area contributed by atoms with Crippen LogP contribution in [0.5, 0.6) is 0 Å². The van der Waals surface area contributed by atoms with E-state index in [1.807, 2.05) is 18.2 Å². The van der Waals surface area contributed by atoms with E-state index in [-0.39, 0.29) is 30.8 Å². The number of nitrogens with one attached hydrogen (secondary N) is 1. The van der Waals surface area contributed by atoms with Crippen molar-refractivity contribution in [2.75, 3.05) is 0 Å². The molecule has 1 aromatic carbocycles. The summed E-state index contributed by atoms with van der Waals surface area (Å²) >= 11 is 0. The number of guanidine groups is 1. The van der Waals surface area contributed by atoms with Gasteiger partial charge in [-0.05, 0) is 31.0 Å². The normalized spacial score (nSPS) is 13.0. The zero-order chi connectivity index (χ0) is 16.0. The van der Waals surface area contributed by atoms with Crippen molar-refractivity contribution < 1.29 is 4.79 Å². The minimum atomic E-state index is -0.458. The van der Waals surface area contributed by atoms with Crippen molar-refractivity contribution in [1.29, 1.82) is 0 Å². The maximum atomic E-state index is 12.2. The third kappa shape index (κ3) is 3.45. The molecule has 2 aromatic heterocycles. The highest BCUT2D eigenvalue weighted by atomic mass is 35.5. The first-order valence-electron chi connectivity index (χ1n) is 7.29. The minimum Gasteiger partial charge on any atom is -0.370 e. The van der Waals surface area contributed by atoms with E-state index in [9.17, 15) is 4.79 Å². The van der Waals surface area contributed by atoms with Gasteiger partial charge in [0.1, 0.15) is 0 Å². The Morgan fingerprint density at radius 3 is 2.72 bits per heavy atom. The van der Waals surface area contributed by atoms with Gasteiger partial charge >= 0.3 is 0 Å². The number of nitrogens with two attached hydrogens (primary N) is 2. The van der Waals surface area contributed by atoms with E-state index in [0.29, 0.717) is 11.5 Å². The second-order valence-electron chi connectivity index (χ2n) is 5.58. The largest absolute Gasteiger partial charge is 0.370 e. The van der Waals surface area contributed by atoms with Gasteiger partial charge in [0.05, 0.1) is 40.5 Å². The highest BCUT2D eigenvalue weighted by Crippen LogP contribution is 2.42. The number of carbonyl (C=O) groups is 1. The van der Waals surface area contributed by atoms with Crippen LogP contribution in [0.25, 0.3) is 16.7 Å². The number of hydrogen-bond donors (Lipinski definition) is 3. The van der Waals surface area contributed by atoms with Crippen molar-refractivity contribution in [3.8, 4) is 5.69 Å². The zero-order valence-electron chi connectivity index (χ0n) is 13.0. The molecule has 1 aliphatic rings. The van der Waals surface area contributed by atoms with Crippen LogP contribution in [-0.2, 0) is 0 Å². The topological polar surface area (TPSA) is 128 Å². The number of aromatic amines is 1. The van der Waals surface area contributed by atoms with E-state index >= 15 is 0 Å². The van der Waals surface area contributed by atoms with E-state index in [2.05, 4.69) is 20.1 Å². The van der Waals surface area contributed by atoms with Crippen molar-refractivity contribution >= 4 is 47.7 Å². The lowest BCUT2D eigenvalue weighted by Crippen LogP contribution is -2.24. The summed E-state index contributed by atoms with van der Waals surface area (Å²) < 4.78 is 1.79. The van der Waals surface area contributed by atoms with Gasteiger partial charge in [0, 0.05) is 5.92 Å². The summed E-state index contributed by atoms with van der Waals surface area (Å²) in [6, 6.07) is 5.80. The van der Waals surface area contributed by atoms with Crippen LogP contribution in [0.2, 0.25) is 0 Å². The van der Waals surface area contributed by atoms with Crippen LogP contribution in [0.1, 0.15) is 34.8 Å². The van der Waals surface area contributed by atoms with Crippen molar-refractivity contribution in [3.63, 3.8) is 0 Å². The summed E-state index contributed by atoms with van der Waals surface area (Å²) in [5.41, 5.74) is 14.6. The zero-order valence-corrected chi connectivity index (χ0v) is 14.7. The summed E-state index contributed by atoms with van der Waals surface area (Å²) in [4.78, 5) is 23.1. The molecule has 2 heterocycles. The van der Waals surface area contributed by atoms with Crippen molar-refractivity contribution in [3.05, 3.63) is 42.0 Å². The Morgan fingerprint density at radius 1 is 1.28 bits per heavy atom. The van der Waals surface area contributed by atoms with Crippen LogP contribution >= 0.6 is 24.8 Å². The van der Waals surface area contributed by atoms with Gasteiger partial charge in [-0.1, -0.05) is 0 Å². The van der Waals surface area contributed by atoms with Gasteiger partial charge in [-0.15, -0.1) is 24.8 Å². The summed E-state index contributed by atoms with van der Waals surface area (Å²) in [5.74, 6) is -0.396. The molecule has 8 nitrogen and oxygen atoms in total. The van der Waals surface area contributed by atoms with E-state index in [4.69, 9.17) is 11.5 Å². The fraction of sp³-hybridized carbons (Fsp3) is 0.200. The lowest BCUT2D eigenvalue weighted by molar-refractivity contribution is 0.100. The molecule has 1 saturated carbocycles. The molecule has 5 N–H and O–H groups in total. The van der Waals surface area contributed by atoms with Crippen LogP contribution in [0.15, 0.2) is 35.7 Å². The van der Waals surface area contributed by atoms with Crippen LogP contribution < -0.4 is 11.5 Å². The average molecular weight is 382 g/mol. The summed E-state index contributed by atoms with van der Waals surface area (Å²) in [5, 5.41) is 4.38. The second kappa shape index (κ2) is 7.12. The first kappa shape index (κ1) is 18.8. The van der Waals surface area contributed by atoms with E-state index < -0.39 is 5.91 Å². The molecule has 0 bridgehead atoms. The number of halogens is 2. The Hall–Kier alpha value is -2.58. The maximum Gasteiger partial charge on any atom is 0.283 e. The van der Waals surface area contributed by atoms with Crippen molar-refractivity contribution in [2.45, 2.75) is 18.8 Å². The first-order chi connectivity index (χ1) is 11.1. The molecular weight excluding hydrogens is 365 g/mol. The number of amides is 1. The predicted octanol–water partition coefficient (Wildman–Crippen LogP) is 1.88. The number of benzene rings is 1. The highest BCUT2D eigenvalue weighted by Gasteiger charge is 2.33. The Kier molecular flexibility index (Phi) is 5.34. The van der Waals surface area contributed by atoms with Crippen LogP contribution in [0.3, 0.4) is 0 Å². The number of carbonyl (C=O) groups excluding carboxylic acids is 1. The third-order valence-corrected chi connectivity index (χ3v) is 3.88. The molecule has 3 aromatic rings. The average Bonchev–Trinajstić information content (AvgIpc) is 3.09.